The van der Waals surface area contributed by atoms with Crippen molar-refractivity contribution in [2.24, 2.45) is 0 Å². The zero-order valence-corrected chi connectivity index (χ0v) is 19.6. The highest BCUT2D eigenvalue weighted by Gasteiger charge is 2.45. The second-order valence-electron chi connectivity index (χ2n) is 8.17. The van der Waals surface area contributed by atoms with Gasteiger partial charge in [-0.3, -0.25) is 4.57 Å². The van der Waals surface area contributed by atoms with Crippen molar-refractivity contribution in [3.8, 4) is 11.1 Å². The summed E-state index contributed by atoms with van der Waals surface area (Å²) in [6.45, 7) is 5.09. The molecule has 31 heavy (non-hydrogen) atoms. The molecule has 164 valence electrons. The predicted octanol–water partition coefficient (Wildman–Crippen LogP) is 7.78. The van der Waals surface area contributed by atoms with Crippen molar-refractivity contribution >= 4 is 24.1 Å². The summed E-state index contributed by atoms with van der Waals surface area (Å²) in [4.78, 5) is 2.12. The number of unbranched alkanes of at least 4 members (excludes halogenated alkanes) is 2. The van der Waals surface area contributed by atoms with Crippen LogP contribution in [-0.4, -0.2) is 20.3 Å². The summed E-state index contributed by atoms with van der Waals surface area (Å²) >= 11 is 0. The molecule has 0 saturated heterocycles. The normalized spacial score (nSPS) is 15.7. The van der Waals surface area contributed by atoms with Gasteiger partial charge in [0.25, 0.3) is 0 Å². The van der Waals surface area contributed by atoms with Gasteiger partial charge in [0.2, 0.25) is 0 Å². The molecule has 1 heterocycles. The van der Waals surface area contributed by atoms with Gasteiger partial charge in [0.1, 0.15) is 0 Å². The molecule has 0 fully saturated rings. The van der Waals surface area contributed by atoms with Crippen LogP contribution in [0, 0.1) is 0 Å². The molecule has 1 aliphatic rings. The Morgan fingerprint density at radius 1 is 0.839 bits per heavy atom. The van der Waals surface area contributed by atoms with Gasteiger partial charge in [0.15, 0.2) is 5.78 Å². The van der Waals surface area contributed by atoms with E-state index in [4.69, 9.17) is 9.05 Å². The second-order valence-corrected chi connectivity index (χ2v) is 10.3. The standard InChI is InChI=1S/C26H32NO3P/c1-4-6-18-29-31(28,30-19-7-5-2)26-24-15-11-10-14-22(24)23-17-16-20-12-8-9-13-21(20)25(23)27(26)3/h8-17,26H,4-7,18-19H2,1-3H3. The summed E-state index contributed by atoms with van der Waals surface area (Å²) in [5.74, 6) is -0.476. The monoisotopic (exact) mass is 437 g/mol. The van der Waals surface area contributed by atoms with Crippen LogP contribution in [-0.2, 0) is 13.6 Å². The Kier molecular flexibility index (Phi) is 6.81. The maximum atomic E-state index is 14.4. The lowest BCUT2D eigenvalue weighted by Gasteiger charge is -2.41. The molecule has 0 spiro atoms. The van der Waals surface area contributed by atoms with Gasteiger partial charge in [0, 0.05) is 18.0 Å². The lowest BCUT2D eigenvalue weighted by atomic mass is 9.90. The van der Waals surface area contributed by atoms with E-state index in [0.29, 0.717) is 13.2 Å². The molecule has 0 bridgehead atoms. The molecule has 3 aromatic rings. The summed E-state index contributed by atoms with van der Waals surface area (Å²) in [5.41, 5.74) is 4.34. The van der Waals surface area contributed by atoms with Gasteiger partial charge in [-0.25, -0.2) is 0 Å². The molecule has 1 unspecified atom stereocenters. The fourth-order valence-electron chi connectivity index (χ4n) is 4.38. The fourth-order valence-corrected chi connectivity index (χ4v) is 6.61. The molecular formula is C26H32NO3P. The van der Waals surface area contributed by atoms with E-state index in [0.717, 1.165) is 53.4 Å². The average molecular weight is 438 g/mol. The van der Waals surface area contributed by atoms with E-state index in [1.807, 2.05) is 19.2 Å². The molecule has 0 aliphatic carbocycles. The van der Waals surface area contributed by atoms with Crippen LogP contribution in [0.15, 0.2) is 60.7 Å². The highest BCUT2D eigenvalue weighted by Crippen LogP contribution is 2.66. The Bertz CT molecular complexity index is 1080. The summed E-state index contributed by atoms with van der Waals surface area (Å²) in [5, 5.41) is 2.32. The Hall–Kier alpha value is -2.13. The van der Waals surface area contributed by atoms with Crippen LogP contribution in [0.4, 0.5) is 5.69 Å². The quantitative estimate of drug-likeness (QED) is 0.253. The molecule has 1 aliphatic heterocycles. The molecule has 1 atom stereocenters. The van der Waals surface area contributed by atoms with Crippen molar-refractivity contribution in [2.45, 2.75) is 45.3 Å². The topological polar surface area (TPSA) is 38.8 Å². The van der Waals surface area contributed by atoms with Crippen LogP contribution in [0.5, 0.6) is 0 Å². The van der Waals surface area contributed by atoms with Crippen molar-refractivity contribution in [3.05, 3.63) is 66.2 Å². The van der Waals surface area contributed by atoms with Crippen molar-refractivity contribution < 1.29 is 13.6 Å². The van der Waals surface area contributed by atoms with Gasteiger partial charge in [0.05, 0.1) is 18.9 Å². The van der Waals surface area contributed by atoms with Crippen molar-refractivity contribution in [3.63, 3.8) is 0 Å². The number of hydrogen-bond donors (Lipinski definition) is 0. The summed E-state index contributed by atoms with van der Waals surface area (Å²) in [6, 6.07) is 20.9. The summed E-state index contributed by atoms with van der Waals surface area (Å²) in [6.07, 6.45) is 3.69. The van der Waals surface area contributed by atoms with E-state index >= 15 is 0 Å². The van der Waals surface area contributed by atoms with Crippen LogP contribution >= 0.6 is 7.60 Å². The van der Waals surface area contributed by atoms with E-state index < -0.39 is 13.4 Å². The number of benzene rings is 3. The van der Waals surface area contributed by atoms with Crippen LogP contribution in [0.3, 0.4) is 0 Å². The van der Waals surface area contributed by atoms with Gasteiger partial charge >= 0.3 is 7.60 Å². The van der Waals surface area contributed by atoms with Gasteiger partial charge in [-0.1, -0.05) is 87.4 Å². The largest absolute Gasteiger partial charge is 0.357 e. The average Bonchev–Trinajstić information content (AvgIpc) is 2.79. The highest BCUT2D eigenvalue weighted by molar-refractivity contribution is 7.54. The molecule has 0 aromatic heterocycles. The number of anilines is 1. The number of fused-ring (bicyclic) bond motifs is 5. The molecule has 0 amide bonds. The minimum absolute atomic E-state index is 0.439. The molecule has 5 heteroatoms. The third-order valence-corrected chi connectivity index (χ3v) is 8.30. The summed E-state index contributed by atoms with van der Waals surface area (Å²) in [7, 11) is -1.43. The Balaban J connectivity index is 1.87. The molecule has 4 rings (SSSR count). The van der Waals surface area contributed by atoms with Crippen LogP contribution in [0.2, 0.25) is 0 Å². The van der Waals surface area contributed by atoms with Crippen molar-refractivity contribution in [1.29, 1.82) is 0 Å². The zero-order chi connectivity index (χ0) is 21.8. The molecule has 3 aromatic carbocycles. The first kappa shape index (κ1) is 22.1. The third-order valence-electron chi connectivity index (χ3n) is 5.99. The lowest BCUT2D eigenvalue weighted by molar-refractivity contribution is 0.192. The second kappa shape index (κ2) is 9.56. The van der Waals surface area contributed by atoms with E-state index in [9.17, 15) is 4.57 Å². The predicted molar refractivity (Wildman–Crippen MR) is 130 cm³/mol. The minimum Gasteiger partial charge on any atom is -0.356 e. The Morgan fingerprint density at radius 3 is 2.19 bits per heavy atom. The van der Waals surface area contributed by atoms with E-state index in [-0.39, 0.29) is 0 Å². The van der Waals surface area contributed by atoms with Crippen LogP contribution in [0.1, 0.15) is 50.9 Å². The summed E-state index contributed by atoms with van der Waals surface area (Å²) < 4.78 is 26.6. The lowest BCUT2D eigenvalue weighted by Crippen LogP contribution is -2.30. The van der Waals surface area contributed by atoms with E-state index in [2.05, 4.69) is 67.3 Å². The minimum atomic E-state index is -3.45. The smallest absolute Gasteiger partial charge is 0.356 e. The first-order valence-electron chi connectivity index (χ1n) is 11.3. The van der Waals surface area contributed by atoms with Gasteiger partial charge in [-0.2, -0.15) is 0 Å². The molecule has 0 radical (unpaired) electrons. The highest BCUT2D eigenvalue weighted by atomic mass is 31.2. The SMILES string of the molecule is CCCCOP(=O)(OCCCC)C1c2ccccc2-c2ccc3ccccc3c2N1C. The number of hydrogen-bond acceptors (Lipinski definition) is 4. The van der Waals surface area contributed by atoms with Crippen molar-refractivity contribution in [1.82, 2.24) is 0 Å². The molecular weight excluding hydrogens is 405 g/mol. The number of rotatable bonds is 9. The third kappa shape index (κ3) is 4.17. The number of nitrogens with zero attached hydrogens (tertiary/aromatic N) is 1. The Morgan fingerprint density at radius 2 is 1.48 bits per heavy atom. The van der Waals surface area contributed by atoms with Gasteiger partial charge in [-0.15, -0.1) is 0 Å². The maximum Gasteiger partial charge on any atom is 0.357 e. The van der Waals surface area contributed by atoms with Crippen LogP contribution in [0.25, 0.3) is 21.9 Å². The fraction of sp³-hybridized carbons (Fsp3) is 0.385. The first-order chi connectivity index (χ1) is 15.1. The molecule has 0 N–H and O–H groups in total. The van der Waals surface area contributed by atoms with Crippen molar-refractivity contribution in [2.75, 3.05) is 25.2 Å². The van der Waals surface area contributed by atoms with E-state index in [1.165, 1.54) is 5.39 Å². The molecule has 4 nitrogen and oxygen atoms in total. The van der Waals surface area contributed by atoms with Crippen LogP contribution < -0.4 is 4.90 Å². The first-order valence-corrected chi connectivity index (χ1v) is 12.9. The zero-order valence-electron chi connectivity index (χ0n) is 18.7. The molecule has 0 saturated carbocycles. The maximum absolute atomic E-state index is 14.4. The van der Waals surface area contributed by atoms with Gasteiger partial charge in [-0.05, 0) is 29.4 Å². The van der Waals surface area contributed by atoms with E-state index in [1.54, 1.807) is 0 Å². The van der Waals surface area contributed by atoms with Gasteiger partial charge < -0.3 is 13.9 Å². The Labute approximate surface area is 185 Å².